The average molecular weight is 312 g/mol. The minimum atomic E-state index is 0.441. The zero-order valence-corrected chi connectivity index (χ0v) is 13.0. The van der Waals surface area contributed by atoms with E-state index in [1.165, 1.54) is 34.9 Å². The van der Waals surface area contributed by atoms with E-state index in [2.05, 4.69) is 47.2 Å². The Morgan fingerprint density at radius 2 is 2.17 bits per heavy atom. The maximum absolute atomic E-state index is 5.56. The number of nitrogens with one attached hydrogen (secondary N) is 1. The van der Waals surface area contributed by atoms with Gasteiger partial charge in [0.25, 0.3) is 0 Å². The molecule has 1 aromatic carbocycles. The maximum atomic E-state index is 5.56. The lowest BCUT2D eigenvalue weighted by molar-refractivity contribution is 0.390. The van der Waals surface area contributed by atoms with Crippen molar-refractivity contribution >= 4 is 15.9 Å². The van der Waals surface area contributed by atoms with E-state index in [9.17, 15) is 0 Å². The van der Waals surface area contributed by atoms with Gasteiger partial charge in [-0.1, -0.05) is 22.9 Å². The van der Waals surface area contributed by atoms with Gasteiger partial charge in [-0.15, -0.1) is 0 Å². The Kier molecular flexibility index (Phi) is 4.68. The highest BCUT2D eigenvalue weighted by atomic mass is 79.9. The number of rotatable bonds is 6. The highest BCUT2D eigenvalue weighted by Gasteiger charge is 2.33. The van der Waals surface area contributed by atoms with Gasteiger partial charge in [0.15, 0.2) is 0 Å². The molecule has 2 nitrogen and oxygen atoms in total. The molecule has 1 atom stereocenters. The van der Waals surface area contributed by atoms with Crippen molar-refractivity contribution < 1.29 is 4.74 Å². The van der Waals surface area contributed by atoms with E-state index in [0.717, 1.165) is 18.2 Å². The van der Waals surface area contributed by atoms with Gasteiger partial charge in [0.2, 0.25) is 0 Å². The van der Waals surface area contributed by atoms with E-state index in [1.807, 2.05) is 0 Å². The third-order valence-corrected chi connectivity index (χ3v) is 4.41. The topological polar surface area (TPSA) is 21.3 Å². The SMILES string of the molecule is CCCNC(c1cc(Br)c(C)cc1OC)C1CC1. The summed E-state index contributed by atoms with van der Waals surface area (Å²) in [6.07, 6.45) is 3.82. The van der Waals surface area contributed by atoms with Crippen molar-refractivity contribution in [3.05, 3.63) is 27.7 Å². The molecule has 100 valence electrons. The minimum absolute atomic E-state index is 0.441. The molecule has 0 spiro atoms. The van der Waals surface area contributed by atoms with Crippen molar-refractivity contribution in [2.24, 2.45) is 5.92 Å². The molecule has 1 N–H and O–H groups in total. The molecule has 1 aromatic rings. The van der Waals surface area contributed by atoms with Gasteiger partial charge in [-0.05, 0) is 56.3 Å². The lowest BCUT2D eigenvalue weighted by Crippen LogP contribution is -2.24. The molecule has 0 bridgehead atoms. The molecule has 0 aromatic heterocycles. The fourth-order valence-electron chi connectivity index (χ4n) is 2.35. The number of methoxy groups -OCH3 is 1. The van der Waals surface area contributed by atoms with Crippen molar-refractivity contribution in [3.8, 4) is 5.75 Å². The molecule has 1 saturated carbocycles. The van der Waals surface area contributed by atoms with Gasteiger partial charge in [-0.2, -0.15) is 0 Å². The number of hydrogen-bond donors (Lipinski definition) is 1. The Morgan fingerprint density at radius 3 is 2.72 bits per heavy atom. The average Bonchev–Trinajstić information content (AvgIpc) is 3.18. The molecule has 18 heavy (non-hydrogen) atoms. The van der Waals surface area contributed by atoms with Crippen molar-refractivity contribution in [2.45, 2.75) is 39.2 Å². The van der Waals surface area contributed by atoms with Gasteiger partial charge in [0, 0.05) is 16.1 Å². The van der Waals surface area contributed by atoms with E-state index >= 15 is 0 Å². The van der Waals surface area contributed by atoms with Crippen LogP contribution < -0.4 is 10.1 Å². The zero-order chi connectivity index (χ0) is 13.1. The summed E-state index contributed by atoms with van der Waals surface area (Å²) >= 11 is 3.63. The van der Waals surface area contributed by atoms with Crippen LogP contribution in [0.5, 0.6) is 5.75 Å². The Balaban J connectivity index is 2.30. The largest absolute Gasteiger partial charge is 0.496 e. The fourth-order valence-corrected chi connectivity index (χ4v) is 2.71. The molecular formula is C15H22BrNO. The standard InChI is InChI=1S/C15H22BrNO/c1-4-7-17-15(11-5-6-11)12-9-13(16)10(2)8-14(12)18-3/h8-9,11,15,17H,4-7H2,1-3H3. The second-order valence-corrected chi connectivity index (χ2v) is 5.97. The second-order valence-electron chi connectivity index (χ2n) is 5.11. The van der Waals surface area contributed by atoms with Gasteiger partial charge in [0.1, 0.15) is 5.75 Å². The van der Waals surface area contributed by atoms with Crippen LogP contribution in [0.2, 0.25) is 0 Å². The third kappa shape index (κ3) is 3.07. The smallest absolute Gasteiger partial charge is 0.123 e. The number of hydrogen-bond acceptors (Lipinski definition) is 2. The van der Waals surface area contributed by atoms with E-state index in [0.29, 0.717) is 6.04 Å². The first-order chi connectivity index (χ1) is 8.67. The molecule has 2 rings (SSSR count). The summed E-state index contributed by atoms with van der Waals surface area (Å²) in [5.74, 6) is 1.79. The van der Waals surface area contributed by atoms with Crippen LogP contribution in [0.15, 0.2) is 16.6 Å². The Hall–Kier alpha value is -0.540. The molecule has 1 aliphatic carbocycles. The maximum Gasteiger partial charge on any atom is 0.123 e. The van der Waals surface area contributed by atoms with Gasteiger partial charge < -0.3 is 10.1 Å². The number of aryl methyl sites for hydroxylation is 1. The van der Waals surface area contributed by atoms with Gasteiger partial charge in [-0.25, -0.2) is 0 Å². The Morgan fingerprint density at radius 1 is 1.44 bits per heavy atom. The van der Waals surface area contributed by atoms with Crippen LogP contribution in [0.4, 0.5) is 0 Å². The van der Waals surface area contributed by atoms with Crippen LogP contribution in [0, 0.1) is 12.8 Å². The lowest BCUT2D eigenvalue weighted by Gasteiger charge is -2.22. The monoisotopic (exact) mass is 311 g/mol. The van der Waals surface area contributed by atoms with Crippen LogP contribution >= 0.6 is 15.9 Å². The quantitative estimate of drug-likeness (QED) is 0.849. The highest BCUT2D eigenvalue weighted by Crippen LogP contribution is 2.44. The van der Waals surface area contributed by atoms with E-state index < -0.39 is 0 Å². The summed E-state index contributed by atoms with van der Waals surface area (Å²) < 4.78 is 6.73. The first-order valence-corrected chi connectivity index (χ1v) is 7.54. The van der Waals surface area contributed by atoms with Crippen molar-refractivity contribution in [3.63, 3.8) is 0 Å². The predicted octanol–water partition coefficient (Wildman–Crippen LogP) is 4.22. The van der Waals surface area contributed by atoms with Crippen molar-refractivity contribution in [1.29, 1.82) is 0 Å². The van der Waals surface area contributed by atoms with Gasteiger partial charge in [0.05, 0.1) is 7.11 Å². The molecule has 1 fully saturated rings. The molecule has 1 aliphatic rings. The number of ether oxygens (including phenoxy) is 1. The van der Waals surface area contributed by atoms with E-state index in [1.54, 1.807) is 7.11 Å². The van der Waals surface area contributed by atoms with Crippen molar-refractivity contribution in [1.82, 2.24) is 5.32 Å². The third-order valence-electron chi connectivity index (χ3n) is 3.55. The minimum Gasteiger partial charge on any atom is -0.496 e. The van der Waals surface area contributed by atoms with Gasteiger partial charge >= 0.3 is 0 Å². The van der Waals surface area contributed by atoms with Crippen LogP contribution in [0.1, 0.15) is 43.4 Å². The molecule has 0 heterocycles. The number of benzene rings is 1. The second kappa shape index (κ2) is 6.07. The van der Waals surface area contributed by atoms with Crippen LogP contribution in [0.3, 0.4) is 0 Å². The van der Waals surface area contributed by atoms with Crippen molar-refractivity contribution in [2.75, 3.05) is 13.7 Å². The summed E-state index contributed by atoms with van der Waals surface area (Å²) in [5.41, 5.74) is 2.52. The molecule has 0 radical (unpaired) electrons. The molecule has 0 aliphatic heterocycles. The Labute approximate surface area is 118 Å². The van der Waals surface area contributed by atoms with Crippen LogP contribution in [-0.4, -0.2) is 13.7 Å². The molecular weight excluding hydrogens is 290 g/mol. The van der Waals surface area contributed by atoms with E-state index in [4.69, 9.17) is 4.74 Å². The van der Waals surface area contributed by atoms with E-state index in [-0.39, 0.29) is 0 Å². The molecule has 1 unspecified atom stereocenters. The lowest BCUT2D eigenvalue weighted by atomic mass is 9.99. The number of halogens is 1. The summed E-state index contributed by atoms with van der Waals surface area (Å²) in [4.78, 5) is 0. The summed E-state index contributed by atoms with van der Waals surface area (Å²) in [5, 5.41) is 3.67. The zero-order valence-electron chi connectivity index (χ0n) is 11.4. The normalized spacial score (nSPS) is 16.7. The predicted molar refractivity (Wildman–Crippen MR) is 79.2 cm³/mol. The molecule has 0 amide bonds. The van der Waals surface area contributed by atoms with Crippen LogP contribution in [0.25, 0.3) is 0 Å². The molecule has 3 heteroatoms. The molecule has 0 saturated heterocycles. The fraction of sp³-hybridized carbons (Fsp3) is 0.600. The Bertz CT molecular complexity index is 415. The van der Waals surface area contributed by atoms with Crippen LogP contribution in [-0.2, 0) is 0 Å². The summed E-state index contributed by atoms with van der Waals surface area (Å²) in [7, 11) is 1.76. The first kappa shape index (κ1) is 13.9. The highest BCUT2D eigenvalue weighted by molar-refractivity contribution is 9.10. The van der Waals surface area contributed by atoms with Gasteiger partial charge in [-0.3, -0.25) is 0 Å². The first-order valence-electron chi connectivity index (χ1n) is 6.74. The summed E-state index contributed by atoms with van der Waals surface area (Å²) in [6.45, 7) is 5.37. The summed E-state index contributed by atoms with van der Waals surface area (Å²) in [6, 6.07) is 4.79.